The quantitative estimate of drug-likeness (QED) is 0.584. The van der Waals surface area contributed by atoms with Crippen LogP contribution in [-0.2, 0) is 16.6 Å². The molecule has 0 saturated carbocycles. The zero-order valence-electron chi connectivity index (χ0n) is 21.2. The van der Waals surface area contributed by atoms with Gasteiger partial charge < -0.3 is 9.84 Å². The van der Waals surface area contributed by atoms with Crippen LogP contribution in [0.4, 0.5) is 0 Å². The van der Waals surface area contributed by atoms with E-state index < -0.39 is 16.1 Å². The average molecular weight is 501 g/mol. The molecule has 1 aliphatic rings. The van der Waals surface area contributed by atoms with Crippen LogP contribution in [-0.4, -0.2) is 71.6 Å². The summed E-state index contributed by atoms with van der Waals surface area (Å²) >= 11 is 0. The number of rotatable bonds is 7. The molecule has 0 radical (unpaired) electrons. The second-order valence-corrected chi connectivity index (χ2v) is 11.6. The number of hydrogen-bond acceptors (Lipinski definition) is 7. The molecule has 0 saturated heterocycles. The molecule has 0 unspecified atom stereocenters. The Bertz CT molecular complexity index is 1140. The van der Waals surface area contributed by atoms with E-state index in [1.165, 1.54) is 10.6 Å². The largest absolute Gasteiger partial charge is 0.487 e. The van der Waals surface area contributed by atoms with Gasteiger partial charge in [0.15, 0.2) is 0 Å². The third-order valence-electron chi connectivity index (χ3n) is 5.97. The van der Waals surface area contributed by atoms with E-state index in [9.17, 15) is 13.5 Å². The highest BCUT2D eigenvalue weighted by molar-refractivity contribution is 7.89. The summed E-state index contributed by atoms with van der Waals surface area (Å²) in [4.78, 5) is 10.4. The molecule has 190 valence electrons. The Balaban J connectivity index is 1.97. The summed E-state index contributed by atoms with van der Waals surface area (Å²) in [5, 5.41) is 9.80. The van der Waals surface area contributed by atoms with Gasteiger partial charge in [0.05, 0.1) is 6.61 Å². The summed E-state index contributed by atoms with van der Waals surface area (Å²) in [5.41, 5.74) is 1.69. The summed E-state index contributed by atoms with van der Waals surface area (Å²) in [5.74, 6) is 6.90. The molecule has 0 aliphatic carbocycles. The summed E-state index contributed by atoms with van der Waals surface area (Å²) in [6.45, 7) is 9.09. The first-order valence-electron chi connectivity index (χ1n) is 12.0. The lowest BCUT2D eigenvalue weighted by Crippen LogP contribution is -2.49. The number of aliphatic hydroxyl groups is 1. The van der Waals surface area contributed by atoms with E-state index in [0.717, 1.165) is 12.0 Å². The minimum absolute atomic E-state index is 0.100. The zero-order valence-corrected chi connectivity index (χ0v) is 22.0. The second-order valence-electron chi connectivity index (χ2n) is 9.74. The molecule has 0 bridgehead atoms. The summed E-state index contributed by atoms with van der Waals surface area (Å²) < 4.78 is 35.0. The predicted molar refractivity (Wildman–Crippen MR) is 135 cm³/mol. The number of ether oxygens (including phenoxy) is 1. The molecule has 8 nitrogen and oxygen atoms in total. The van der Waals surface area contributed by atoms with E-state index >= 15 is 0 Å². The number of hydrogen-bond donors (Lipinski definition) is 1. The first-order valence-corrected chi connectivity index (χ1v) is 13.4. The van der Waals surface area contributed by atoms with Gasteiger partial charge in [-0.05, 0) is 38.1 Å². The van der Waals surface area contributed by atoms with Gasteiger partial charge in [0.1, 0.15) is 23.1 Å². The standard InChI is InChI=1S/C26H36N4O4S/c1-19(2)7-6-8-22-9-10-26-24(11-22)34-25(16-29(5)15-23-12-27-18-28-13-23)20(3)14-30(21(4)17-31)35(26,32)33/h9-13,18-21,25,31H,7,14-17H2,1-5H3/t20-,21+,25-/m1/s1. The normalized spacial score (nSPS) is 20.8. The van der Waals surface area contributed by atoms with Crippen LogP contribution < -0.4 is 4.74 Å². The smallest absolute Gasteiger partial charge is 0.247 e. The first-order chi connectivity index (χ1) is 16.6. The van der Waals surface area contributed by atoms with Gasteiger partial charge in [-0.1, -0.05) is 32.6 Å². The molecule has 35 heavy (non-hydrogen) atoms. The number of aliphatic hydroxyl groups excluding tert-OH is 1. The van der Waals surface area contributed by atoms with Crippen molar-refractivity contribution in [1.29, 1.82) is 0 Å². The number of fused-ring (bicyclic) bond motifs is 1. The van der Waals surface area contributed by atoms with Crippen molar-refractivity contribution in [2.24, 2.45) is 11.8 Å². The summed E-state index contributed by atoms with van der Waals surface area (Å²) in [6.07, 6.45) is 5.53. The maximum absolute atomic E-state index is 13.6. The van der Waals surface area contributed by atoms with Gasteiger partial charge in [0.2, 0.25) is 10.0 Å². The average Bonchev–Trinajstić information content (AvgIpc) is 2.81. The van der Waals surface area contributed by atoms with E-state index in [1.807, 2.05) is 14.0 Å². The van der Waals surface area contributed by atoms with Crippen LogP contribution in [0.25, 0.3) is 0 Å². The van der Waals surface area contributed by atoms with Crippen molar-refractivity contribution < 1.29 is 18.3 Å². The van der Waals surface area contributed by atoms with Crippen molar-refractivity contribution in [2.75, 3.05) is 26.7 Å². The van der Waals surface area contributed by atoms with Gasteiger partial charge in [-0.3, -0.25) is 4.90 Å². The van der Waals surface area contributed by atoms with Crippen LogP contribution in [0.2, 0.25) is 0 Å². The molecule has 0 amide bonds. The van der Waals surface area contributed by atoms with E-state index in [2.05, 4.69) is 40.6 Å². The Hall–Kier alpha value is -2.51. The van der Waals surface area contributed by atoms with Gasteiger partial charge >= 0.3 is 0 Å². The molecule has 9 heteroatoms. The molecule has 1 aliphatic heterocycles. The lowest BCUT2D eigenvalue weighted by molar-refractivity contribution is 0.0733. The van der Waals surface area contributed by atoms with E-state index in [4.69, 9.17) is 4.74 Å². The Morgan fingerprint density at radius 2 is 1.97 bits per heavy atom. The van der Waals surface area contributed by atoms with E-state index in [-0.39, 0.29) is 30.1 Å². The SMILES string of the molecule is CC(C)CC#Cc1ccc2c(c1)O[C@H](CN(C)Cc1cncnc1)[C@H](C)CN([C@@H](C)CO)S2(=O)=O. The zero-order chi connectivity index (χ0) is 25.6. The van der Waals surface area contributed by atoms with Gasteiger partial charge in [-0.25, -0.2) is 18.4 Å². The minimum atomic E-state index is -3.87. The van der Waals surface area contributed by atoms with Crippen molar-refractivity contribution >= 4 is 10.0 Å². The number of benzene rings is 1. The molecule has 2 heterocycles. The third-order valence-corrected chi connectivity index (χ3v) is 7.99. The number of likely N-dealkylation sites (N-methyl/N-ethyl adjacent to an activating group) is 1. The fourth-order valence-corrected chi connectivity index (χ4v) is 5.80. The lowest BCUT2D eigenvalue weighted by atomic mass is 10.0. The Labute approximate surface area is 209 Å². The van der Waals surface area contributed by atoms with Gasteiger partial charge in [0.25, 0.3) is 0 Å². The molecule has 1 aromatic heterocycles. The Kier molecular flexibility index (Phi) is 9.25. The third kappa shape index (κ3) is 7.01. The maximum atomic E-state index is 13.6. The monoisotopic (exact) mass is 500 g/mol. The summed E-state index contributed by atoms with van der Waals surface area (Å²) in [6, 6.07) is 4.45. The van der Waals surface area contributed by atoms with Crippen molar-refractivity contribution in [3.8, 4) is 17.6 Å². The molecule has 1 N–H and O–H groups in total. The maximum Gasteiger partial charge on any atom is 0.247 e. The molecule has 0 fully saturated rings. The molecule has 3 atom stereocenters. The van der Waals surface area contributed by atoms with Crippen LogP contribution in [0.1, 0.15) is 45.2 Å². The fraction of sp³-hybridized carbons (Fsp3) is 0.538. The van der Waals surface area contributed by atoms with Crippen molar-refractivity contribution in [1.82, 2.24) is 19.2 Å². The highest BCUT2D eigenvalue weighted by Gasteiger charge is 2.38. The van der Waals surface area contributed by atoms with E-state index in [0.29, 0.717) is 30.3 Å². The molecular formula is C26H36N4O4S. The highest BCUT2D eigenvalue weighted by Crippen LogP contribution is 2.34. The van der Waals surface area contributed by atoms with Crippen LogP contribution in [0.3, 0.4) is 0 Å². The molecule has 1 aromatic carbocycles. The van der Waals surface area contributed by atoms with Gasteiger partial charge in [-0.2, -0.15) is 4.31 Å². The van der Waals surface area contributed by atoms with E-state index in [1.54, 1.807) is 37.5 Å². The molecule has 3 rings (SSSR count). The predicted octanol–water partition coefficient (Wildman–Crippen LogP) is 2.77. The van der Waals surface area contributed by atoms with Crippen LogP contribution in [0.15, 0.2) is 41.8 Å². The van der Waals surface area contributed by atoms with Gasteiger partial charge in [0, 0.05) is 61.5 Å². The second kappa shape index (κ2) is 12.0. The van der Waals surface area contributed by atoms with Gasteiger partial charge in [-0.15, -0.1) is 0 Å². The van der Waals surface area contributed by atoms with Crippen LogP contribution in [0, 0.1) is 23.7 Å². The summed E-state index contributed by atoms with van der Waals surface area (Å²) in [7, 11) is -1.88. The molecule has 2 aromatic rings. The highest BCUT2D eigenvalue weighted by atomic mass is 32.2. The van der Waals surface area contributed by atoms with Crippen LogP contribution in [0.5, 0.6) is 5.75 Å². The Morgan fingerprint density at radius 1 is 1.26 bits per heavy atom. The number of aromatic nitrogens is 2. The first kappa shape index (κ1) is 27.1. The fourth-order valence-electron chi connectivity index (χ4n) is 3.97. The minimum Gasteiger partial charge on any atom is -0.487 e. The van der Waals surface area contributed by atoms with Crippen molar-refractivity contribution in [3.63, 3.8) is 0 Å². The molecule has 0 spiro atoms. The Morgan fingerprint density at radius 3 is 2.63 bits per heavy atom. The molecular weight excluding hydrogens is 464 g/mol. The lowest BCUT2D eigenvalue weighted by Gasteiger charge is -2.37. The van der Waals surface area contributed by atoms with Crippen molar-refractivity contribution in [2.45, 2.75) is 57.7 Å². The topological polar surface area (TPSA) is 95.9 Å². The van der Waals surface area contributed by atoms with Crippen molar-refractivity contribution in [3.05, 3.63) is 48.0 Å². The van der Waals surface area contributed by atoms with Crippen LogP contribution >= 0.6 is 0 Å². The number of sulfonamides is 1. The number of nitrogens with zero attached hydrogens (tertiary/aromatic N) is 4.